The first-order valence-electron chi connectivity index (χ1n) is 5.02. The van der Waals surface area contributed by atoms with E-state index in [-0.39, 0.29) is 0 Å². The Hall–Kier alpha value is -0.680. The van der Waals surface area contributed by atoms with Crippen LogP contribution >= 0.6 is 11.3 Å². The maximum atomic E-state index is 8.99. The topological polar surface area (TPSA) is 58.0 Å². The van der Waals surface area contributed by atoms with Gasteiger partial charge in [0.2, 0.25) is 5.13 Å². The lowest BCUT2D eigenvalue weighted by molar-refractivity contribution is 0.186. The Morgan fingerprint density at radius 1 is 1.43 bits per heavy atom. The lowest BCUT2D eigenvalue weighted by atomic mass is 9.87. The lowest BCUT2D eigenvalue weighted by Crippen LogP contribution is -2.27. The Labute approximate surface area is 87.4 Å². The molecule has 1 aromatic heterocycles. The van der Waals surface area contributed by atoms with Gasteiger partial charge in [0.25, 0.3) is 0 Å². The molecule has 1 aliphatic rings. The molecule has 78 valence electrons. The number of aromatic nitrogens is 2. The van der Waals surface area contributed by atoms with Gasteiger partial charge >= 0.3 is 0 Å². The number of aliphatic hydroxyl groups excluding tert-OH is 1. The van der Waals surface area contributed by atoms with Crippen molar-refractivity contribution in [3.05, 3.63) is 5.51 Å². The highest BCUT2D eigenvalue weighted by molar-refractivity contribution is 7.13. The van der Waals surface area contributed by atoms with Gasteiger partial charge in [-0.15, -0.1) is 10.2 Å². The summed E-state index contributed by atoms with van der Waals surface area (Å²) in [4.78, 5) is 0. The van der Waals surface area contributed by atoms with E-state index in [0.29, 0.717) is 18.6 Å². The number of rotatable bonds is 3. The molecule has 0 atom stereocenters. The molecule has 0 aliphatic heterocycles. The number of nitrogens with one attached hydrogen (secondary N) is 1. The van der Waals surface area contributed by atoms with Crippen molar-refractivity contribution < 1.29 is 5.11 Å². The summed E-state index contributed by atoms with van der Waals surface area (Å²) >= 11 is 1.54. The van der Waals surface area contributed by atoms with Crippen molar-refractivity contribution in [1.29, 1.82) is 0 Å². The predicted molar refractivity (Wildman–Crippen MR) is 56.4 cm³/mol. The second kappa shape index (κ2) is 4.70. The monoisotopic (exact) mass is 213 g/mol. The summed E-state index contributed by atoms with van der Waals surface area (Å²) in [6, 6.07) is 0.519. The van der Waals surface area contributed by atoms with Crippen LogP contribution in [0, 0.1) is 5.92 Å². The van der Waals surface area contributed by atoms with Crippen LogP contribution in [0.4, 0.5) is 5.13 Å². The molecule has 0 bridgehead atoms. The van der Waals surface area contributed by atoms with Gasteiger partial charge in [0.1, 0.15) is 5.51 Å². The number of aliphatic hydroxyl groups is 1. The summed E-state index contributed by atoms with van der Waals surface area (Å²) in [5.41, 5.74) is 1.74. The molecule has 4 nitrogen and oxygen atoms in total. The van der Waals surface area contributed by atoms with Crippen molar-refractivity contribution in [2.75, 3.05) is 11.9 Å². The van der Waals surface area contributed by atoms with Gasteiger partial charge in [-0.2, -0.15) is 0 Å². The zero-order valence-electron chi connectivity index (χ0n) is 8.02. The fourth-order valence-electron chi connectivity index (χ4n) is 1.90. The van der Waals surface area contributed by atoms with Crippen molar-refractivity contribution in [1.82, 2.24) is 10.2 Å². The normalized spacial score (nSPS) is 27.5. The highest BCUT2D eigenvalue weighted by Crippen LogP contribution is 2.26. The Balaban J connectivity index is 1.79. The van der Waals surface area contributed by atoms with Gasteiger partial charge in [0.05, 0.1) is 0 Å². The summed E-state index contributed by atoms with van der Waals surface area (Å²) in [7, 11) is 0. The molecule has 1 aliphatic carbocycles. The first-order valence-corrected chi connectivity index (χ1v) is 5.90. The van der Waals surface area contributed by atoms with Crippen molar-refractivity contribution in [3.63, 3.8) is 0 Å². The molecular weight excluding hydrogens is 198 g/mol. The minimum atomic E-state index is 0.339. The SMILES string of the molecule is OCC1CCC(Nc2nncs2)CC1. The van der Waals surface area contributed by atoms with Gasteiger partial charge in [-0.25, -0.2) is 0 Å². The molecule has 0 aromatic carbocycles. The molecule has 0 radical (unpaired) electrons. The quantitative estimate of drug-likeness (QED) is 0.799. The number of hydrogen-bond donors (Lipinski definition) is 2. The molecule has 2 rings (SSSR count). The number of hydrogen-bond acceptors (Lipinski definition) is 5. The summed E-state index contributed by atoms with van der Waals surface area (Å²) in [6.07, 6.45) is 4.50. The van der Waals surface area contributed by atoms with E-state index in [1.54, 1.807) is 16.8 Å². The van der Waals surface area contributed by atoms with E-state index >= 15 is 0 Å². The Morgan fingerprint density at radius 3 is 2.79 bits per heavy atom. The fraction of sp³-hybridized carbons (Fsp3) is 0.778. The van der Waals surface area contributed by atoms with Crippen molar-refractivity contribution in [3.8, 4) is 0 Å². The van der Waals surface area contributed by atoms with Crippen molar-refractivity contribution in [2.24, 2.45) is 5.92 Å². The van der Waals surface area contributed by atoms with Gasteiger partial charge in [-0.05, 0) is 31.6 Å². The zero-order valence-corrected chi connectivity index (χ0v) is 8.83. The first kappa shape index (κ1) is 9.86. The van der Waals surface area contributed by atoms with Crippen LogP contribution in [-0.4, -0.2) is 28.0 Å². The highest BCUT2D eigenvalue weighted by Gasteiger charge is 2.20. The minimum absolute atomic E-state index is 0.339. The third kappa shape index (κ3) is 2.42. The first-order chi connectivity index (χ1) is 6.88. The van der Waals surface area contributed by atoms with E-state index in [4.69, 9.17) is 5.11 Å². The van der Waals surface area contributed by atoms with Crippen LogP contribution in [0.1, 0.15) is 25.7 Å². The van der Waals surface area contributed by atoms with Crippen LogP contribution in [0.25, 0.3) is 0 Å². The van der Waals surface area contributed by atoms with E-state index in [1.807, 2.05) is 0 Å². The third-order valence-electron chi connectivity index (χ3n) is 2.79. The van der Waals surface area contributed by atoms with E-state index in [2.05, 4.69) is 15.5 Å². The van der Waals surface area contributed by atoms with E-state index < -0.39 is 0 Å². The molecule has 1 heterocycles. The standard InChI is InChI=1S/C9H15N3OS/c13-5-7-1-3-8(4-2-7)11-9-12-10-6-14-9/h6-8,13H,1-5H2,(H,11,12). The Morgan fingerprint density at radius 2 is 2.21 bits per heavy atom. The summed E-state index contributed by atoms with van der Waals surface area (Å²) < 4.78 is 0. The Kier molecular flexibility index (Phi) is 3.31. The second-order valence-corrected chi connectivity index (χ2v) is 4.62. The van der Waals surface area contributed by atoms with E-state index in [0.717, 1.165) is 30.8 Å². The largest absolute Gasteiger partial charge is 0.396 e. The number of nitrogens with zero attached hydrogens (tertiary/aromatic N) is 2. The average molecular weight is 213 g/mol. The van der Waals surface area contributed by atoms with Crippen LogP contribution in [0.3, 0.4) is 0 Å². The molecule has 0 saturated heterocycles. The molecule has 0 unspecified atom stereocenters. The summed E-state index contributed by atoms with van der Waals surface area (Å²) in [5.74, 6) is 0.516. The fourth-order valence-corrected chi connectivity index (χ4v) is 2.42. The smallest absolute Gasteiger partial charge is 0.205 e. The van der Waals surface area contributed by atoms with Crippen LogP contribution in [-0.2, 0) is 0 Å². The second-order valence-electron chi connectivity index (χ2n) is 3.79. The van der Waals surface area contributed by atoms with Crippen LogP contribution in [0.15, 0.2) is 5.51 Å². The van der Waals surface area contributed by atoms with E-state index in [1.165, 1.54) is 0 Å². The maximum absolute atomic E-state index is 8.99. The lowest BCUT2D eigenvalue weighted by Gasteiger charge is -2.27. The van der Waals surface area contributed by atoms with Gasteiger partial charge in [0, 0.05) is 12.6 Å². The van der Waals surface area contributed by atoms with Crippen molar-refractivity contribution >= 4 is 16.5 Å². The maximum Gasteiger partial charge on any atom is 0.205 e. The molecular formula is C9H15N3OS. The van der Waals surface area contributed by atoms with Crippen molar-refractivity contribution in [2.45, 2.75) is 31.7 Å². The van der Waals surface area contributed by atoms with Crippen LogP contribution in [0.5, 0.6) is 0 Å². The molecule has 14 heavy (non-hydrogen) atoms. The summed E-state index contributed by atoms with van der Waals surface area (Å²) in [5, 5.41) is 21.0. The molecule has 1 saturated carbocycles. The van der Waals surface area contributed by atoms with Gasteiger partial charge < -0.3 is 10.4 Å². The van der Waals surface area contributed by atoms with E-state index in [9.17, 15) is 0 Å². The van der Waals surface area contributed by atoms with Crippen LogP contribution in [0.2, 0.25) is 0 Å². The molecule has 1 fully saturated rings. The Bertz CT molecular complexity index is 257. The van der Waals surface area contributed by atoms with Crippen LogP contribution < -0.4 is 5.32 Å². The third-order valence-corrected chi connectivity index (χ3v) is 3.42. The highest BCUT2D eigenvalue weighted by atomic mass is 32.1. The molecule has 5 heteroatoms. The molecule has 2 N–H and O–H groups in total. The van der Waals surface area contributed by atoms with Gasteiger partial charge in [0.15, 0.2) is 0 Å². The number of anilines is 1. The zero-order chi connectivity index (χ0) is 9.80. The predicted octanol–water partition coefficient (Wildman–Crippen LogP) is 1.50. The molecule has 0 spiro atoms. The summed E-state index contributed by atoms with van der Waals surface area (Å²) in [6.45, 7) is 0.339. The average Bonchev–Trinajstić information content (AvgIpc) is 2.72. The molecule has 0 amide bonds. The van der Waals surface area contributed by atoms with Gasteiger partial charge in [-0.1, -0.05) is 11.3 Å². The minimum Gasteiger partial charge on any atom is -0.396 e. The van der Waals surface area contributed by atoms with Gasteiger partial charge in [-0.3, -0.25) is 0 Å². The molecule has 1 aromatic rings.